The van der Waals surface area contributed by atoms with E-state index in [1.807, 2.05) is 13.1 Å². The van der Waals surface area contributed by atoms with Gasteiger partial charge < -0.3 is 10.2 Å². The van der Waals surface area contributed by atoms with Gasteiger partial charge in [-0.15, -0.1) is 11.8 Å². The van der Waals surface area contributed by atoms with Gasteiger partial charge in [0.05, 0.1) is 10.6 Å². The Morgan fingerprint density at radius 3 is 2.74 bits per heavy atom. The third kappa shape index (κ3) is 2.98. The molecule has 0 atom stereocenters. The van der Waals surface area contributed by atoms with Crippen molar-refractivity contribution in [3.05, 3.63) is 22.8 Å². The minimum Gasteiger partial charge on any atom is -0.369 e. The van der Waals surface area contributed by atoms with Crippen LogP contribution in [0.4, 0.5) is 0 Å². The molecule has 0 aliphatic carbocycles. The number of carbonyl (C=O) groups excluding carboxylic acids is 2. The molecule has 102 valence electrons. The molecular formula is C12H16N4O2S. The van der Waals surface area contributed by atoms with E-state index < -0.39 is 0 Å². The molecule has 19 heavy (non-hydrogen) atoms. The molecular weight excluding hydrogens is 264 g/mol. The van der Waals surface area contributed by atoms with Gasteiger partial charge in [0.2, 0.25) is 5.91 Å². The van der Waals surface area contributed by atoms with Crippen molar-refractivity contribution in [1.82, 2.24) is 15.2 Å². The fourth-order valence-corrected chi connectivity index (χ4v) is 2.82. The van der Waals surface area contributed by atoms with Crippen LogP contribution in [0.5, 0.6) is 0 Å². The van der Waals surface area contributed by atoms with Crippen LogP contribution in [0.2, 0.25) is 0 Å². The monoisotopic (exact) mass is 280 g/mol. The van der Waals surface area contributed by atoms with Crippen LogP contribution in [0.3, 0.4) is 0 Å². The number of carbonyl (C=O) groups is 2. The molecule has 2 aliphatic rings. The predicted octanol–water partition coefficient (Wildman–Crippen LogP) is 0.354. The highest BCUT2D eigenvalue weighted by Gasteiger charge is 2.27. The molecule has 0 radical (unpaired) electrons. The number of rotatable bonds is 1. The van der Waals surface area contributed by atoms with Crippen molar-refractivity contribution in [3.8, 4) is 0 Å². The number of nitrogens with zero attached hydrogens (tertiary/aromatic N) is 3. The molecule has 0 saturated carbocycles. The molecule has 0 bridgehead atoms. The molecule has 0 spiro atoms. The van der Waals surface area contributed by atoms with E-state index in [-0.39, 0.29) is 11.8 Å². The van der Waals surface area contributed by atoms with Crippen LogP contribution >= 0.6 is 11.8 Å². The first-order valence-electron chi connectivity index (χ1n) is 5.89. The fourth-order valence-electron chi connectivity index (χ4n) is 1.77. The largest absolute Gasteiger partial charge is 0.369 e. The minimum absolute atomic E-state index is 0.216. The molecule has 6 nitrogen and oxygen atoms in total. The molecule has 1 saturated heterocycles. The van der Waals surface area contributed by atoms with Gasteiger partial charge in [-0.1, -0.05) is 0 Å². The number of allylic oxidation sites excluding steroid dienone is 2. The lowest BCUT2D eigenvalue weighted by Crippen LogP contribution is -2.29. The van der Waals surface area contributed by atoms with Crippen molar-refractivity contribution in [3.63, 3.8) is 0 Å². The number of amidine groups is 1. The number of hydrogen-bond acceptors (Lipinski definition) is 5. The van der Waals surface area contributed by atoms with E-state index in [2.05, 4.69) is 15.3 Å². The summed E-state index contributed by atoms with van der Waals surface area (Å²) < 4.78 is 0. The fraction of sp³-hybridized carbons (Fsp3) is 0.417. The summed E-state index contributed by atoms with van der Waals surface area (Å²) in [7, 11) is 3.57. The maximum atomic E-state index is 11.9. The van der Waals surface area contributed by atoms with Crippen LogP contribution in [0.25, 0.3) is 0 Å². The van der Waals surface area contributed by atoms with Gasteiger partial charge in [0.1, 0.15) is 0 Å². The maximum Gasteiger partial charge on any atom is 0.277 e. The van der Waals surface area contributed by atoms with Gasteiger partial charge in [0.25, 0.3) is 5.91 Å². The summed E-state index contributed by atoms with van der Waals surface area (Å²) in [5, 5.41) is 8.91. The standard InChI is InChI=1S/C12H16N4O2S/c1-8(17)13-11-9(12(18)16(3)14-11)4-5-10-15(2)6-7-19-10/h4-5H,6-7H2,1-3H3,(H,13,14,17)/b9-4+,10-5+. The number of thioether (sulfide) groups is 1. The van der Waals surface area contributed by atoms with E-state index in [4.69, 9.17) is 0 Å². The van der Waals surface area contributed by atoms with Crippen molar-refractivity contribution in [2.24, 2.45) is 5.10 Å². The highest BCUT2D eigenvalue weighted by atomic mass is 32.2. The van der Waals surface area contributed by atoms with E-state index in [9.17, 15) is 9.59 Å². The molecule has 2 heterocycles. The summed E-state index contributed by atoms with van der Waals surface area (Å²) in [6.45, 7) is 2.39. The van der Waals surface area contributed by atoms with Crippen LogP contribution in [0, 0.1) is 0 Å². The van der Waals surface area contributed by atoms with Crippen molar-refractivity contribution in [2.45, 2.75) is 6.92 Å². The lowest BCUT2D eigenvalue weighted by molar-refractivity contribution is -0.124. The molecule has 1 fully saturated rings. The predicted molar refractivity (Wildman–Crippen MR) is 75.3 cm³/mol. The van der Waals surface area contributed by atoms with E-state index in [0.29, 0.717) is 11.4 Å². The van der Waals surface area contributed by atoms with Crippen molar-refractivity contribution >= 4 is 29.4 Å². The Labute approximate surface area is 116 Å². The highest BCUT2D eigenvalue weighted by Crippen LogP contribution is 2.26. The average molecular weight is 280 g/mol. The Morgan fingerprint density at radius 2 is 2.16 bits per heavy atom. The van der Waals surface area contributed by atoms with E-state index >= 15 is 0 Å². The molecule has 2 aliphatic heterocycles. The lowest BCUT2D eigenvalue weighted by Gasteiger charge is -2.10. The van der Waals surface area contributed by atoms with Crippen molar-refractivity contribution in [2.75, 3.05) is 26.4 Å². The van der Waals surface area contributed by atoms with Gasteiger partial charge in [-0.05, 0) is 12.2 Å². The van der Waals surface area contributed by atoms with Gasteiger partial charge in [-0.2, -0.15) is 5.10 Å². The molecule has 0 unspecified atom stereocenters. The summed E-state index contributed by atoms with van der Waals surface area (Å²) in [5.41, 5.74) is 0.408. The zero-order valence-electron chi connectivity index (χ0n) is 11.1. The van der Waals surface area contributed by atoms with E-state index in [0.717, 1.165) is 17.3 Å². The van der Waals surface area contributed by atoms with Crippen LogP contribution in [-0.4, -0.2) is 54.0 Å². The quantitative estimate of drug-likeness (QED) is 0.704. The minimum atomic E-state index is -0.243. The van der Waals surface area contributed by atoms with Gasteiger partial charge in [0, 0.05) is 33.3 Å². The van der Waals surface area contributed by atoms with Crippen molar-refractivity contribution < 1.29 is 9.59 Å². The Balaban J connectivity index is 2.23. The second kappa shape index (κ2) is 5.48. The number of hydrazone groups is 1. The number of nitrogens with one attached hydrogen (secondary N) is 1. The third-order valence-corrected chi connectivity index (χ3v) is 3.90. The smallest absolute Gasteiger partial charge is 0.277 e. The Bertz CT molecular complexity index is 510. The van der Waals surface area contributed by atoms with Gasteiger partial charge in [-0.25, -0.2) is 5.01 Å². The van der Waals surface area contributed by atoms with Crippen LogP contribution in [0.15, 0.2) is 27.9 Å². The lowest BCUT2D eigenvalue weighted by atomic mass is 10.2. The molecule has 7 heteroatoms. The first kappa shape index (κ1) is 13.7. The summed E-state index contributed by atoms with van der Waals surface area (Å²) in [6, 6.07) is 0. The molecule has 1 N–H and O–H groups in total. The summed E-state index contributed by atoms with van der Waals surface area (Å²) in [4.78, 5) is 25.1. The second-order valence-corrected chi connectivity index (χ2v) is 5.43. The Morgan fingerprint density at radius 1 is 1.42 bits per heavy atom. The third-order valence-electron chi connectivity index (χ3n) is 2.77. The number of amides is 2. The first-order valence-corrected chi connectivity index (χ1v) is 6.88. The molecule has 2 amide bonds. The zero-order valence-corrected chi connectivity index (χ0v) is 12.0. The number of likely N-dealkylation sites (N-methyl/N-ethyl adjacent to an activating group) is 1. The van der Waals surface area contributed by atoms with E-state index in [1.54, 1.807) is 24.9 Å². The first-order chi connectivity index (χ1) is 8.99. The topological polar surface area (TPSA) is 65.0 Å². The SMILES string of the molecule is CC(=O)NC1=NN(C)C(=O)/C1=C/C=C1/SCCN1C. The summed E-state index contributed by atoms with van der Waals surface area (Å²) in [6.07, 6.45) is 3.60. The van der Waals surface area contributed by atoms with Crippen molar-refractivity contribution in [1.29, 1.82) is 0 Å². The average Bonchev–Trinajstić information content (AvgIpc) is 2.83. The van der Waals surface area contributed by atoms with Gasteiger partial charge in [0.15, 0.2) is 5.84 Å². The number of hydrogen-bond donors (Lipinski definition) is 1. The van der Waals surface area contributed by atoms with Gasteiger partial charge in [-0.3, -0.25) is 9.59 Å². The molecule has 2 rings (SSSR count). The second-order valence-electron chi connectivity index (χ2n) is 4.31. The van der Waals surface area contributed by atoms with E-state index in [1.165, 1.54) is 11.9 Å². The summed E-state index contributed by atoms with van der Waals surface area (Å²) in [5.74, 6) is 0.896. The molecule has 0 aromatic rings. The normalized spacial score (nSPS) is 23.5. The summed E-state index contributed by atoms with van der Waals surface area (Å²) >= 11 is 1.74. The molecule has 0 aromatic carbocycles. The maximum absolute atomic E-state index is 11.9. The van der Waals surface area contributed by atoms with Gasteiger partial charge >= 0.3 is 0 Å². The molecule has 0 aromatic heterocycles. The van der Waals surface area contributed by atoms with Crippen LogP contribution < -0.4 is 5.32 Å². The Kier molecular flexibility index (Phi) is 3.94. The Hall–Kier alpha value is -1.76. The zero-order chi connectivity index (χ0) is 14.0. The van der Waals surface area contributed by atoms with Crippen LogP contribution in [0.1, 0.15) is 6.92 Å². The highest BCUT2D eigenvalue weighted by molar-refractivity contribution is 8.03. The van der Waals surface area contributed by atoms with Crippen LogP contribution in [-0.2, 0) is 9.59 Å².